The van der Waals surface area contributed by atoms with Crippen molar-refractivity contribution >= 4 is 33.7 Å². The van der Waals surface area contributed by atoms with E-state index < -0.39 is 56.8 Å². The molecule has 0 fully saturated rings. The van der Waals surface area contributed by atoms with Crippen molar-refractivity contribution in [3.8, 4) is 0 Å². The molecule has 0 aromatic heterocycles. The van der Waals surface area contributed by atoms with Gasteiger partial charge < -0.3 is 19.5 Å². The number of rotatable bonds is 15. The maximum absolute atomic E-state index is 13.5. The zero-order chi connectivity index (χ0) is 33.8. The topological polar surface area (TPSA) is 171 Å². The number of non-ortho nitro benzene ring substituents is 1. The molecule has 0 saturated heterocycles. The Morgan fingerprint density at radius 1 is 0.889 bits per heavy atom. The Morgan fingerprint density at radius 2 is 1.49 bits per heavy atom. The van der Waals surface area contributed by atoms with Gasteiger partial charge in [0.15, 0.2) is 0 Å². The van der Waals surface area contributed by atoms with Crippen LogP contribution in [-0.2, 0) is 40.4 Å². The number of ether oxygens (including phenoxy) is 3. The lowest BCUT2D eigenvalue weighted by Gasteiger charge is -2.26. The molecule has 0 aliphatic carbocycles. The van der Waals surface area contributed by atoms with E-state index in [9.17, 15) is 32.9 Å². The molecule has 0 spiro atoms. The molecule has 2 aromatic rings. The molecule has 0 bridgehead atoms. The Bertz CT molecular complexity index is 1400. The highest BCUT2D eigenvalue weighted by Crippen LogP contribution is 2.21. The van der Waals surface area contributed by atoms with Crippen LogP contribution in [0.4, 0.5) is 10.5 Å². The third kappa shape index (κ3) is 13.6. The molecular weight excluding hydrogens is 606 g/mol. The largest absolute Gasteiger partial charge is 0.460 e. The average molecular weight is 650 g/mol. The monoisotopic (exact) mass is 649 g/mol. The summed E-state index contributed by atoms with van der Waals surface area (Å²) < 4.78 is 44.0. The minimum absolute atomic E-state index is 0.0399. The minimum atomic E-state index is -4.23. The molecule has 14 heteroatoms. The van der Waals surface area contributed by atoms with Crippen molar-refractivity contribution in [2.75, 3.05) is 13.1 Å². The molecule has 0 aliphatic heterocycles. The van der Waals surface area contributed by atoms with Crippen molar-refractivity contribution in [3.63, 3.8) is 0 Å². The van der Waals surface area contributed by atoms with Crippen LogP contribution in [0.3, 0.4) is 0 Å². The molecule has 1 atom stereocenters. The fraction of sp³-hybridized carbons (Fsp3) is 0.516. The fourth-order valence-electron chi connectivity index (χ4n) is 3.99. The standard InChI is InChI=1S/C31H43N3O10S/c1-30(2,3)43-28(36)26(32-29(37)44-31(4,5)6)15-11-8-12-20-33(21-27(35)42-22-23-13-9-7-10-14-23)45(40,41)25-18-16-24(17-19-25)34(38)39/h7,9-10,13-14,16-19,26H,8,11-12,15,20-22H2,1-6H3,(H,32,37)/t26-/m0/s1. The Labute approximate surface area is 264 Å². The Balaban J connectivity index is 2.10. The number of hydrogen-bond acceptors (Lipinski definition) is 10. The summed E-state index contributed by atoms with van der Waals surface area (Å²) in [5.74, 6) is -1.40. The lowest BCUT2D eigenvalue weighted by Crippen LogP contribution is -2.46. The number of sulfonamides is 1. The van der Waals surface area contributed by atoms with Gasteiger partial charge in [-0.1, -0.05) is 43.2 Å². The predicted molar refractivity (Wildman–Crippen MR) is 166 cm³/mol. The normalized spacial score (nSPS) is 12.7. The summed E-state index contributed by atoms with van der Waals surface area (Å²) in [6.45, 7) is 9.53. The van der Waals surface area contributed by atoms with Crippen LogP contribution in [0.2, 0.25) is 0 Å². The van der Waals surface area contributed by atoms with E-state index in [1.165, 1.54) is 0 Å². The third-order valence-corrected chi connectivity index (χ3v) is 7.88. The first-order chi connectivity index (χ1) is 20.9. The van der Waals surface area contributed by atoms with Crippen molar-refractivity contribution in [1.29, 1.82) is 0 Å². The number of esters is 2. The minimum Gasteiger partial charge on any atom is -0.460 e. The van der Waals surface area contributed by atoms with Crippen molar-refractivity contribution in [3.05, 3.63) is 70.3 Å². The van der Waals surface area contributed by atoms with E-state index in [2.05, 4.69) is 5.32 Å². The van der Waals surface area contributed by atoms with E-state index >= 15 is 0 Å². The zero-order valence-electron chi connectivity index (χ0n) is 26.6. The maximum Gasteiger partial charge on any atom is 0.408 e. The van der Waals surface area contributed by atoms with Crippen molar-refractivity contribution in [2.24, 2.45) is 0 Å². The summed E-state index contributed by atoms with van der Waals surface area (Å²) in [6.07, 6.45) is 0.561. The molecule has 0 unspecified atom stereocenters. The number of amides is 1. The maximum atomic E-state index is 13.5. The van der Waals surface area contributed by atoms with Gasteiger partial charge in [0.2, 0.25) is 10.0 Å². The smallest absolute Gasteiger partial charge is 0.408 e. The van der Waals surface area contributed by atoms with Crippen molar-refractivity contribution < 1.29 is 41.9 Å². The quantitative estimate of drug-likeness (QED) is 0.0897. The van der Waals surface area contributed by atoms with Gasteiger partial charge in [-0.15, -0.1) is 0 Å². The highest BCUT2D eigenvalue weighted by Gasteiger charge is 2.30. The van der Waals surface area contributed by atoms with Crippen LogP contribution in [0, 0.1) is 10.1 Å². The second kappa shape index (κ2) is 16.3. The summed E-state index contributed by atoms with van der Waals surface area (Å²) >= 11 is 0. The number of hydrogen-bond donors (Lipinski definition) is 1. The second-order valence-electron chi connectivity index (χ2n) is 12.3. The predicted octanol–water partition coefficient (Wildman–Crippen LogP) is 5.12. The number of nitro groups is 1. The second-order valence-corrected chi connectivity index (χ2v) is 14.3. The van der Waals surface area contributed by atoms with Gasteiger partial charge in [0, 0.05) is 18.7 Å². The van der Waals surface area contributed by atoms with Gasteiger partial charge in [-0.3, -0.25) is 14.9 Å². The molecule has 0 radical (unpaired) electrons. The van der Waals surface area contributed by atoms with Gasteiger partial charge in [0.1, 0.15) is 30.4 Å². The highest BCUT2D eigenvalue weighted by atomic mass is 32.2. The van der Waals surface area contributed by atoms with Crippen LogP contribution in [-0.4, -0.2) is 66.0 Å². The van der Waals surface area contributed by atoms with Crippen molar-refractivity contribution in [1.82, 2.24) is 9.62 Å². The van der Waals surface area contributed by atoms with Gasteiger partial charge >= 0.3 is 18.0 Å². The number of carbonyl (C=O) groups is 3. The van der Waals surface area contributed by atoms with E-state index in [-0.39, 0.29) is 30.2 Å². The van der Waals surface area contributed by atoms with Crippen LogP contribution in [0.5, 0.6) is 0 Å². The first-order valence-electron chi connectivity index (χ1n) is 14.5. The third-order valence-electron chi connectivity index (χ3n) is 6.02. The Kier molecular flexibility index (Phi) is 13.5. The molecule has 0 aliphatic rings. The molecule has 1 amide bonds. The number of nitrogens with one attached hydrogen (secondary N) is 1. The number of nitro benzene ring substituents is 1. The average Bonchev–Trinajstić information content (AvgIpc) is 2.93. The number of nitrogens with zero attached hydrogens (tertiary/aromatic N) is 2. The molecule has 45 heavy (non-hydrogen) atoms. The molecular formula is C31H43N3O10S. The van der Waals surface area contributed by atoms with E-state index in [4.69, 9.17) is 14.2 Å². The van der Waals surface area contributed by atoms with Crippen LogP contribution >= 0.6 is 0 Å². The van der Waals surface area contributed by atoms with E-state index in [0.717, 1.165) is 34.1 Å². The lowest BCUT2D eigenvalue weighted by atomic mass is 10.1. The van der Waals surface area contributed by atoms with E-state index in [1.807, 2.05) is 6.07 Å². The fourth-order valence-corrected chi connectivity index (χ4v) is 5.41. The lowest BCUT2D eigenvalue weighted by molar-refractivity contribution is -0.384. The van der Waals surface area contributed by atoms with E-state index in [1.54, 1.807) is 65.8 Å². The number of alkyl carbamates (subject to hydrolysis) is 1. The molecule has 1 N–H and O–H groups in total. The molecule has 0 heterocycles. The molecule has 2 rings (SSSR count). The first kappa shape index (κ1) is 37.1. The summed E-state index contributed by atoms with van der Waals surface area (Å²) in [7, 11) is -4.23. The highest BCUT2D eigenvalue weighted by molar-refractivity contribution is 7.89. The van der Waals surface area contributed by atoms with Gasteiger partial charge in [0.05, 0.1) is 9.82 Å². The Hall–Kier alpha value is -4.04. The van der Waals surface area contributed by atoms with Crippen LogP contribution in [0.15, 0.2) is 59.5 Å². The van der Waals surface area contributed by atoms with Gasteiger partial charge in [-0.05, 0) is 72.1 Å². The number of carbonyl (C=O) groups excluding carboxylic acids is 3. The number of benzene rings is 2. The summed E-state index contributed by atoms with van der Waals surface area (Å²) in [4.78, 5) is 48.0. The SMILES string of the molecule is CC(C)(C)OC(=O)N[C@@H](CCCCCN(CC(=O)OCc1ccccc1)S(=O)(=O)c1ccc([N+](=O)[O-])cc1)C(=O)OC(C)(C)C. The van der Waals surface area contributed by atoms with Gasteiger partial charge in [-0.2, -0.15) is 4.31 Å². The van der Waals surface area contributed by atoms with Crippen LogP contribution in [0.1, 0.15) is 72.8 Å². The molecule has 2 aromatic carbocycles. The molecule has 248 valence electrons. The van der Waals surface area contributed by atoms with Gasteiger partial charge in [-0.25, -0.2) is 18.0 Å². The number of unbranched alkanes of at least 4 members (excludes halogenated alkanes) is 2. The summed E-state index contributed by atoms with van der Waals surface area (Å²) in [6, 6.07) is 12.3. The Morgan fingerprint density at radius 3 is 2.04 bits per heavy atom. The summed E-state index contributed by atoms with van der Waals surface area (Å²) in [5.41, 5.74) is -1.10. The zero-order valence-corrected chi connectivity index (χ0v) is 27.4. The van der Waals surface area contributed by atoms with Crippen molar-refractivity contribution in [2.45, 2.75) is 96.0 Å². The summed E-state index contributed by atoms with van der Waals surface area (Å²) in [5, 5.41) is 13.6. The van der Waals surface area contributed by atoms with Crippen LogP contribution < -0.4 is 5.32 Å². The van der Waals surface area contributed by atoms with Crippen LogP contribution in [0.25, 0.3) is 0 Å². The molecule has 0 saturated carbocycles. The van der Waals surface area contributed by atoms with Gasteiger partial charge in [0.25, 0.3) is 5.69 Å². The molecule has 13 nitrogen and oxygen atoms in total. The first-order valence-corrected chi connectivity index (χ1v) is 16.0. The van der Waals surface area contributed by atoms with E-state index in [0.29, 0.717) is 19.3 Å².